The van der Waals surface area contributed by atoms with Crippen LogP contribution < -0.4 is 0 Å². The number of fused-ring (bicyclic) bond motifs is 3. The maximum absolute atomic E-state index is 2.66. The van der Waals surface area contributed by atoms with Crippen molar-refractivity contribution < 1.29 is 0 Å². The first-order chi connectivity index (χ1) is 4.45. The van der Waals surface area contributed by atoms with Gasteiger partial charge in [0, 0.05) is 0 Å². The molecule has 0 nitrogen and oxygen atoms in total. The molecular formula is C8H12B. The minimum atomic E-state index is 1.09. The fourth-order valence-corrected chi connectivity index (χ4v) is 2.96. The lowest BCUT2D eigenvalue weighted by atomic mass is 9.52. The van der Waals surface area contributed by atoms with Crippen molar-refractivity contribution in [3.63, 3.8) is 0 Å². The van der Waals surface area contributed by atoms with E-state index in [4.69, 9.17) is 0 Å². The molecule has 0 spiro atoms. The highest BCUT2D eigenvalue weighted by molar-refractivity contribution is 6.42. The summed E-state index contributed by atoms with van der Waals surface area (Å²) in [4.78, 5) is 0. The third-order valence-electron chi connectivity index (χ3n) is 3.81. The van der Waals surface area contributed by atoms with E-state index in [-0.39, 0.29) is 0 Å². The van der Waals surface area contributed by atoms with E-state index in [9.17, 15) is 0 Å². The van der Waals surface area contributed by atoms with Crippen LogP contribution in [-0.2, 0) is 0 Å². The second-order valence-corrected chi connectivity index (χ2v) is 4.00. The van der Waals surface area contributed by atoms with Crippen molar-refractivity contribution in [1.29, 1.82) is 0 Å². The fraction of sp³-hybridized carbons (Fsp3) is 1.00. The van der Waals surface area contributed by atoms with Crippen molar-refractivity contribution in [1.82, 2.24) is 0 Å². The van der Waals surface area contributed by atoms with Gasteiger partial charge in [0.2, 0.25) is 0 Å². The van der Waals surface area contributed by atoms with Crippen LogP contribution in [0.25, 0.3) is 0 Å². The lowest BCUT2D eigenvalue weighted by Crippen LogP contribution is -2.25. The highest BCUT2D eigenvalue weighted by Gasteiger charge is 2.51. The Balaban J connectivity index is 1.87. The van der Waals surface area contributed by atoms with Crippen LogP contribution in [0.3, 0.4) is 0 Å². The van der Waals surface area contributed by atoms with E-state index >= 15 is 0 Å². The maximum atomic E-state index is 2.66. The van der Waals surface area contributed by atoms with Gasteiger partial charge in [-0.1, -0.05) is 37.3 Å². The fourth-order valence-electron chi connectivity index (χ4n) is 2.96. The molecule has 0 bridgehead atoms. The van der Waals surface area contributed by atoms with Crippen LogP contribution in [0.15, 0.2) is 0 Å². The largest absolute Gasteiger partial charge is 0.118 e. The molecule has 0 N–H and O–H groups in total. The zero-order valence-corrected chi connectivity index (χ0v) is 5.72. The number of hydrogen-bond acceptors (Lipinski definition) is 0. The van der Waals surface area contributed by atoms with E-state index < -0.39 is 0 Å². The van der Waals surface area contributed by atoms with Crippen LogP contribution in [0.2, 0.25) is 11.6 Å². The molecule has 2 aliphatic carbocycles. The minimum absolute atomic E-state index is 1.09. The molecule has 9 heavy (non-hydrogen) atoms. The van der Waals surface area contributed by atoms with Crippen molar-refractivity contribution >= 4 is 7.28 Å². The Morgan fingerprint density at radius 2 is 1.33 bits per heavy atom. The zero-order chi connectivity index (χ0) is 5.84. The molecular weight excluding hydrogens is 107 g/mol. The van der Waals surface area contributed by atoms with Crippen LogP contribution in [0.5, 0.6) is 0 Å². The summed E-state index contributed by atoms with van der Waals surface area (Å²) in [5.74, 6) is 4.51. The van der Waals surface area contributed by atoms with Gasteiger partial charge < -0.3 is 0 Å². The predicted octanol–water partition coefficient (Wildman–Crippen LogP) is 2.10. The van der Waals surface area contributed by atoms with Gasteiger partial charge in [-0.05, 0) is 11.8 Å². The molecule has 0 aromatic heterocycles. The summed E-state index contributed by atoms with van der Waals surface area (Å²) in [7, 11) is 2.66. The van der Waals surface area contributed by atoms with Gasteiger partial charge in [0.1, 0.15) is 7.28 Å². The third kappa shape index (κ3) is 0.437. The zero-order valence-electron chi connectivity index (χ0n) is 5.72. The van der Waals surface area contributed by atoms with Crippen molar-refractivity contribution in [3.05, 3.63) is 0 Å². The Labute approximate surface area is 57.3 Å². The van der Waals surface area contributed by atoms with Crippen LogP contribution in [0.1, 0.15) is 25.7 Å². The lowest BCUT2D eigenvalue weighted by molar-refractivity contribution is 0.165. The monoisotopic (exact) mass is 119 g/mol. The summed E-state index contributed by atoms with van der Waals surface area (Å²) >= 11 is 0. The molecule has 4 atom stereocenters. The average Bonchev–Trinajstić information content (AvgIpc) is 1.88. The van der Waals surface area contributed by atoms with Crippen LogP contribution in [0.4, 0.5) is 0 Å². The Hall–Kier alpha value is 0.0649. The van der Waals surface area contributed by atoms with Crippen molar-refractivity contribution in [2.45, 2.75) is 37.3 Å². The van der Waals surface area contributed by atoms with Crippen LogP contribution >= 0.6 is 0 Å². The van der Waals surface area contributed by atoms with Gasteiger partial charge >= 0.3 is 0 Å². The molecule has 3 rings (SSSR count). The van der Waals surface area contributed by atoms with Gasteiger partial charge in [-0.2, -0.15) is 0 Å². The summed E-state index contributed by atoms with van der Waals surface area (Å²) in [6.07, 6.45) is 6.17. The van der Waals surface area contributed by atoms with E-state index in [1.807, 2.05) is 0 Å². The van der Waals surface area contributed by atoms with E-state index in [1.165, 1.54) is 24.7 Å². The Bertz CT molecular complexity index is 128. The number of hydrogen-bond donors (Lipinski definition) is 0. The van der Waals surface area contributed by atoms with E-state index in [0.29, 0.717) is 0 Å². The highest BCUT2D eigenvalue weighted by atomic mass is 14.5. The maximum Gasteiger partial charge on any atom is 0.118 e. The summed E-state index contributed by atoms with van der Waals surface area (Å²) < 4.78 is 0. The van der Waals surface area contributed by atoms with Crippen molar-refractivity contribution in [3.8, 4) is 0 Å². The molecule has 0 aromatic carbocycles. The van der Waals surface area contributed by atoms with Gasteiger partial charge in [0.25, 0.3) is 0 Å². The Morgan fingerprint density at radius 3 is 1.56 bits per heavy atom. The molecule has 3 unspecified atom stereocenters. The Kier molecular flexibility index (Phi) is 0.740. The summed E-state index contributed by atoms with van der Waals surface area (Å²) in [6.45, 7) is 0. The first-order valence-electron chi connectivity index (χ1n) is 4.30. The molecule has 1 saturated heterocycles. The van der Waals surface area contributed by atoms with Gasteiger partial charge in [-0.3, -0.25) is 0 Å². The van der Waals surface area contributed by atoms with Gasteiger partial charge in [0.15, 0.2) is 0 Å². The van der Waals surface area contributed by atoms with Gasteiger partial charge in [0.05, 0.1) is 0 Å². The van der Waals surface area contributed by atoms with Crippen LogP contribution in [0, 0.1) is 11.8 Å². The van der Waals surface area contributed by atoms with E-state index in [0.717, 1.165) is 11.6 Å². The molecule has 3 fully saturated rings. The molecule has 1 heteroatoms. The minimum Gasteiger partial charge on any atom is -0.0655 e. The first-order valence-corrected chi connectivity index (χ1v) is 4.30. The lowest BCUT2D eigenvalue weighted by Gasteiger charge is -2.39. The van der Waals surface area contributed by atoms with E-state index in [1.54, 1.807) is 12.8 Å². The Morgan fingerprint density at radius 1 is 0.778 bits per heavy atom. The third-order valence-corrected chi connectivity index (χ3v) is 3.81. The topological polar surface area (TPSA) is 0 Å². The van der Waals surface area contributed by atoms with Crippen molar-refractivity contribution in [2.75, 3.05) is 0 Å². The molecule has 1 radical (unpaired) electrons. The predicted molar refractivity (Wildman–Crippen MR) is 38.7 cm³/mol. The van der Waals surface area contributed by atoms with Crippen molar-refractivity contribution in [2.24, 2.45) is 11.8 Å². The highest BCUT2D eigenvalue weighted by Crippen LogP contribution is 2.62. The molecule has 3 aliphatic rings. The quantitative estimate of drug-likeness (QED) is 0.428. The van der Waals surface area contributed by atoms with Gasteiger partial charge in [-0.25, -0.2) is 0 Å². The molecule has 2 saturated carbocycles. The second-order valence-electron chi connectivity index (χ2n) is 4.00. The first kappa shape index (κ1) is 4.82. The second kappa shape index (κ2) is 1.38. The molecule has 0 amide bonds. The summed E-state index contributed by atoms with van der Waals surface area (Å²) in [6, 6.07) is 0. The molecule has 1 aliphatic heterocycles. The van der Waals surface area contributed by atoms with Gasteiger partial charge in [-0.15, -0.1) is 0 Å². The molecule has 47 valence electrons. The SMILES string of the molecule is [B]1C2CCC2[C@H]2CCC12. The molecule has 0 aromatic rings. The summed E-state index contributed by atoms with van der Waals surface area (Å²) in [5.41, 5.74) is 0. The smallest absolute Gasteiger partial charge is 0.0655 e. The molecule has 1 heterocycles. The normalized spacial score (nSPS) is 60.4. The number of rotatable bonds is 0. The summed E-state index contributed by atoms with van der Waals surface area (Å²) in [5, 5.41) is 0. The standard InChI is InChI=1S/C8H12B/c1-3-7-5(1)6-2-4-8(6)9-7/h5-8H,1-4H2/t5-,6?,7?,8?/m1/s1. The van der Waals surface area contributed by atoms with Crippen LogP contribution in [-0.4, -0.2) is 7.28 Å². The van der Waals surface area contributed by atoms with E-state index in [2.05, 4.69) is 7.28 Å². The average molecular weight is 119 g/mol.